The lowest BCUT2D eigenvalue weighted by Gasteiger charge is -2.15. The highest BCUT2D eigenvalue weighted by molar-refractivity contribution is 5.83. The fraction of sp³-hybridized carbons (Fsp3) is 0.667. The number of aliphatic carboxylic acids is 2. The van der Waals surface area contributed by atoms with Crippen LogP contribution >= 0.6 is 0 Å². The quantitative estimate of drug-likeness (QED) is 0.393. The summed E-state index contributed by atoms with van der Waals surface area (Å²) >= 11 is 0. The molecule has 6 heteroatoms. The molecule has 0 aromatic carbocycles. The van der Waals surface area contributed by atoms with Gasteiger partial charge in [-0.3, -0.25) is 9.59 Å². The summed E-state index contributed by atoms with van der Waals surface area (Å²) in [6.45, 7) is -0.000694. The maximum Gasteiger partial charge on any atom is 0.325 e. The Morgan fingerprint density at radius 1 is 1.50 bits per heavy atom. The van der Waals surface area contributed by atoms with Gasteiger partial charge in [0, 0.05) is 13.0 Å². The molecule has 0 spiro atoms. The van der Waals surface area contributed by atoms with E-state index in [4.69, 9.17) is 15.9 Å². The van der Waals surface area contributed by atoms with Crippen molar-refractivity contribution in [3.8, 4) is 0 Å². The minimum atomic E-state index is -1.43. The van der Waals surface area contributed by atoms with Gasteiger partial charge in [0.05, 0.1) is 0 Å². The van der Waals surface area contributed by atoms with Crippen LogP contribution in [0.1, 0.15) is 6.42 Å². The molecule has 12 heavy (non-hydrogen) atoms. The van der Waals surface area contributed by atoms with E-state index in [-0.39, 0.29) is 13.0 Å². The fourth-order valence-corrected chi connectivity index (χ4v) is 1.15. The predicted octanol–water partition coefficient (Wildman–Crippen LogP) is -1.78. The Labute approximate surface area is 68.4 Å². The van der Waals surface area contributed by atoms with E-state index < -0.39 is 23.5 Å². The van der Waals surface area contributed by atoms with Crippen LogP contribution in [0.4, 0.5) is 0 Å². The van der Waals surface area contributed by atoms with Crippen LogP contribution in [0.25, 0.3) is 0 Å². The summed E-state index contributed by atoms with van der Waals surface area (Å²) in [7, 11) is 0. The molecule has 68 valence electrons. The molecule has 1 aliphatic heterocycles. The van der Waals surface area contributed by atoms with Gasteiger partial charge in [-0.15, -0.1) is 0 Å². The van der Waals surface area contributed by atoms with Gasteiger partial charge in [0.2, 0.25) is 0 Å². The second kappa shape index (κ2) is 2.72. The highest BCUT2D eigenvalue weighted by atomic mass is 16.4. The summed E-state index contributed by atoms with van der Waals surface area (Å²) in [4.78, 5) is 20.9. The van der Waals surface area contributed by atoms with Crippen molar-refractivity contribution in [2.75, 3.05) is 6.54 Å². The molecular weight excluding hydrogens is 164 g/mol. The van der Waals surface area contributed by atoms with Crippen LogP contribution in [-0.2, 0) is 9.59 Å². The number of nitrogens with two attached hydrogens (primary N) is 1. The van der Waals surface area contributed by atoms with Gasteiger partial charge >= 0.3 is 11.9 Å². The third kappa shape index (κ3) is 1.39. The molecule has 0 unspecified atom stereocenters. The molecular formula is C6H10N2O4. The van der Waals surface area contributed by atoms with Gasteiger partial charge in [0.15, 0.2) is 0 Å². The Morgan fingerprint density at radius 2 is 2.08 bits per heavy atom. The lowest BCUT2D eigenvalue weighted by Crippen LogP contribution is -2.49. The van der Waals surface area contributed by atoms with Crippen LogP contribution in [-0.4, -0.2) is 40.3 Å². The predicted molar refractivity (Wildman–Crippen MR) is 38.6 cm³/mol. The molecule has 0 aliphatic carbocycles. The van der Waals surface area contributed by atoms with Gasteiger partial charge in [0.25, 0.3) is 0 Å². The summed E-state index contributed by atoms with van der Waals surface area (Å²) in [6.07, 6.45) is -0.0718. The zero-order valence-electron chi connectivity index (χ0n) is 6.28. The van der Waals surface area contributed by atoms with Gasteiger partial charge in [-0.25, -0.2) is 0 Å². The largest absolute Gasteiger partial charge is 0.480 e. The molecule has 1 heterocycles. The molecule has 1 saturated heterocycles. The second-order valence-corrected chi connectivity index (χ2v) is 2.94. The minimum Gasteiger partial charge on any atom is -0.480 e. The summed E-state index contributed by atoms with van der Waals surface area (Å²) in [6, 6.07) is -0.842. The summed E-state index contributed by atoms with van der Waals surface area (Å²) in [5.41, 5.74) is 3.98. The van der Waals surface area contributed by atoms with E-state index in [0.717, 1.165) is 0 Å². The van der Waals surface area contributed by atoms with E-state index in [2.05, 4.69) is 5.32 Å². The van der Waals surface area contributed by atoms with Crippen molar-refractivity contribution in [1.29, 1.82) is 0 Å². The number of hydrogen-bond donors (Lipinski definition) is 4. The van der Waals surface area contributed by atoms with Crippen LogP contribution in [0, 0.1) is 0 Å². The first-order chi connectivity index (χ1) is 5.46. The summed E-state index contributed by atoms with van der Waals surface area (Å²) in [5.74, 6) is -2.23. The van der Waals surface area contributed by atoms with Crippen LogP contribution < -0.4 is 11.1 Å². The second-order valence-electron chi connectivity index (χ2n) is 2.94. The van der Waals surface area contributed by atoms with Crippen molar-refractivity contribution in [1.82, 2.24) is 5.32 Å². The zero-order chi connectivity index (χ0) is 9.35. The molecule has 1 rings (SSSR count). The lowest BCUT2D eigenvalue weighted by molar-refractivity contribution is -0.142. The van der Waals surface area contributed by atoms with Crippen LogP contribution in [0.5, 0.6) is 0 Å². The number of carboxylic acid groups (broad SMARTS) is 2. The first-order valence-corrected chi connectivity index (χ1v) is 3.44. The molecule has 1 fully saturated rings. The van der Waals surface area contributed by atoms with E-state index in [1.165, 1.54) is 0 Å². The highest BCUT2D eigenvalue weighted by Gasteiger charge is 2.44. The number of carboxylic acids is 2. The summed E-state index contributed by atoms with van der Waals surface area (Å²) in [5, 5.41) is 19.7. The van der Waals surface area contributed by atoms with Gasteiger partial charge in [0.1, 0.15) is 11.6 Å². The SMILES string of the molecule is N[C@]1(C(=O)O)CN[C@@H](C(=O)O)C1. The molecule has 2 atom stereocenters. The molecule has 5 N–H and O–H groups in total. The maximum absolute atomic E-state index is 10.5. The fourth-order valence-electron chi connectivity index (χ4n) is 1.15. The molecule has 0 bridgehead atoms. The van der Waals surface area contributed by atoms with Crippen molar-refractivity contribution in [3.63, 3.8) is 0 Å². The number of hydrogen-bond acceptors (Lipinski definition) is 4. The first kappa shape index (κ1) is 8.95. The Kier molecular flexibility index (Phi) is 2.03. The van der Waals surface area contributed by atoms with E-state index >= 15 is 0 Å². The van der Waals surface area contributed by atoms with Crippen LogP contribution in [0.2, 0.25) is 0 Å². The standard InChI is InChI=1S/C6H10N2O4/c7-6(5(11)12)1-3(4(9)10)8-2-6/h3,8H,1-2,7H2,(H,9,10)(H,11,12)/t3-,6+/m1/s1. The topological polar surface area (TPSA) is 113 Å². The molecule has 0 amide bonds. The van der Waals surface area contributed by atoms with Gasteiger partial charge in [-0.2, -0.15) is 0 Å². The highest BCUT2D eigenvalue weighted by Crippen LogP contribution is 2.16. The number of carbonyl (C=O) groups is 2. The van der Waals surface area contributed by atoms with Gasteiger partial charge < -0.3 is 21.3 Å². The smallest absolute Gasteiger partial charge is 0.325 e. The molecule has 0 aromatic rings. The van der Waals surface area contributed by atoms with Crippen LogP contribution in [0.3, 0.4) is 0 Å². The zero-order valence-corrected chi connectivity index (χ0v) is 6.28. The average molecular weight is 174 g/mol. The van der Waals surface area contributed by atoms with Crippen molar-refractivity contribution in [2.45, 2.75) is 18.0 Å². The van der Waals surface area contributed by atoms with Crippen molar-refractivity contribution in [3.05, 3.63) is 0 Å². The monoisotopic (exact) mass is 174 g/mol. The number of nitrogens with one attached hydrogen (secondary N) is 1. The Bertz CT molecular complexity index is 230. The summed E-state index contributed by atoms with van der Waals surface area (Å²) < 4.78 is 0. The molecule has 0 radical (unpaired) electrons. The Balaban J connectivity index is 2.67. The molecule has 6 nitrogen and oxygen atoms in total. The van der Waals surface area contributed by atoms with Crippen LogP contribution in [0.15, 0.2) is 0 Å². The third-order valence-corrected chi connectivity index (χ3v) is 1.96. The average Bonchev–Trinajstić information content (AvgIpc) is 2.33. The molecule has 0 aromatic heterocycles. The third-order valence-electron chi connectivity index (χ3n) is 1.96. The minimum absolute atomic E-state index is 0.000694. The van der Waals surface area contributed by atoms with E-state index in [1.54, 1.807) is 0 Å². The maximum atomic E-state index is 10.5. The molecule has 0 saturated carbocycles. The van der Waals surface area contributed by atoms with Crippen molar-refractivity contribution >= 4 is 11.9 Å². The van der Waals surface area contributed by atoms with E-state index in [9.17, 15) is 9.59 Å². The number of rotatable bonds is 2. The van der Waals surface area contributed by atoms with E-state index in [1.807, 2.05) is 0 Å². The van der Waals surface area contributed by atoms with E-state index in [0.29, 0.717) is 0 Å². The lowest BCUT2D eigenvalue weighted by atomic mass is 9.98. The molecule has 1 aliphatic rings. The van der Waals surface area contributed by atoms with Crippen molar-refractivity contribution < 1.29 is 19.8 Å². The Morgan fingerprint density at radius 3 is 2.33 bits per heavy atom. The normalized spacial score (nSPS) is 34.9. The first-order valence-electron chi connectivity index (χ1n) is 3.44. The van der Waals surface area contributed by atoms with Crippen molar-refractivity contribution in [2.24, 2.45) is 5.73 Å². The Hall–Kier alpha value is -1.14. The van der Waals surface area contributed by atoms with Gasteiger partial charge in [-0.1, -0.05) is 0 Å². The van der Waals surface area contributed by atoms with Gasteiger partial charge in [-0.05, 0) is 0 Å².